The molecule has 2 rings (SSSR count). The molecular weight excluding hydrogens is 374 g/mol. The Labute approximate surface area is 168 Å². The van der Waals surface area contributed by atoms with E-state index in [0.29, 0.717) is 19.0 Å². The summed E-state index contributed by atoms with van der Waals surface area (Å²) in [4.78, 5) is 4.22. The third-order valence-electron chi connectivity index (χ3n) is 4.02. The molecule has 0 aromatic heterocycles. The third kappa shape index (κ3) is 8.00. The summed E-state index contributed by atoms with van der Waals surface area (Å²) < 4.78 is 28.6. The highest BCUT2D eigenvalue weighted by Crippen LogP contribution is 2.13. The number of rotatable bonds is 8. The summed E-state index contributed by atoms with van der Waals surface area (Å²) >= 11 is 0. The molecular formula is C21H29N3O3S. The van der Waals surface area contributed by atoms with Crippen molar-refractivity contribution in [2.24, 2.45) is 4.99 Å². The molecule has 0 fully saturated rings. The molecule has 0 spiro atoms. The lowest BCUT2D eigenvalue weighted by molar-refractivity contribution is 0.223. The van der Waals surface area contributed by atoms with Gasteiger partial charge in [-0.2, -0.15) is 0 Å². The fraction of sp³-hybridized carbons (Fsp3) is 0.381. The van der Waals surface area contributed by atoms with Crippen molar-refractivity contribution in [3.05, 3.63) is 65.2 Å². The van der Waals surface area contributed by atoms with Gasteiger partial charge >= 0.3 is 0 Å². The number of sulfone groups is 1. The second-order valence-electron chi connectivity index (χ2n) is 6.94. The Bertz CT molecular complexity index is 893. The maximum atomic E-state index is 11.4. The highest BCUT2D eigenvalue weighted by atomic mass is 32.2. The van der Waals surface area contributed by atoms with Gasteiger partial charge in [-0.3, -0.25) is 4.99 Å². The minimum absolute atomic E-state index is 0.0179. The first-order chi connectivity index (χ1) is 13.2. The molecule has 0 aliphatic carbocycles. The van der Waals surface area contributed by atoms with Crippen molar-refractivity contribution >= 4 is 15.8 Å². The molecule has 1 unspecified atom stereocenters. The van der Waals surface area contributed by atoms with E-state index in [1.54, 1.807) is 7.05 Å². The van der Waals surface area contributed by atoms with Crippen LogP contribution in [0.1, 0.15) is 23.6 Å². The zero-order valence-corrected chi connectivity index (χ0v) is 17.7. The minimum atomic E-state index is -3.02. The van der Waals surface area contributed by atoms with Crippen molar-refractivity contribution in [1.29, 1.82) is 0 Å². The Kier molecular flexibility index (Phi) is 7.87. The predicted octanol–water partition coefficient (Wildman–Crippen LogP) is 2.67. The Hall–Kier alpha value is -2.54. The van der Waals surface area contributed by atoms with Crippen molar-refractivity contribution in [2.45, 2.75) is 32.2 Å². The molecule has 0 bridgehead atoms. The second kappa shape index (κ2) is 10.1. The zero-order valence-electron chi connectivity index (χ0n) is 16.9. The Morgan fingerprint density at radius 2 is 1.79 bits per heavy atom. The van der Waals surface area contributed by atoms with Crippen molar-refractivity contribution in [3.63, 3.8) is 0 Å². The largest absolute Gasteiger partial charge is 0.489 e. The topological polar surface area (TPSA) is 79.8 Å². The fourth-order valence-corrected chi connectivity index (χ4v) is 3.46. The molecule has 0 aliphatic heterocycles. The summed E-state index contributed by atoms with van der Waals surface area (Å²) in [7, 11) is -1.30. The standard InChI is InChI=1S/C21H29N3O3S/c1-16-6-5-7-20(12-16)27-17(2)13-23-21(22-3)24-14-18-8-10-19(11-9-18)15-28(4,25)26/h5-12,17H,13-15H2,1-4H3,(H2,22,23,24). The average molecular weight is 404 g/mol. The number of aliphatic imine (C=N–C) groups is 1. The van der Waals surface area contributed by atoms with Gasteiger partial charge in [0, 0.05) is 19.8 Å². The van der Waals surface area contributed by atoms with Crippen LogP contribution in [-0.2, 0) is 22.1 Å². The van der Waals surface area contributed by atoms with Crippen LogP contribution in [0.15, 0.2) is 53.5 Å². The van der Waals surface area contributed by atoms with E-state index >= 15 is 0 Å². The first kappa shape index (κ1) is 21.8. The molecule has 0 radical (unpaired) electrons. The molecule has 1 atom stereocenters. The van der Waals surface area contributed by atoms with Crippen molar-refractivity contribution in [2.75, 3.05) is 19.8 Å². The van der Waals surface area contributed by atoms with Crippen LogP contribution in [0.3, 0.4) is 0 Å². The summed E-state index contributed by atoms with van der Waals surface area (Å²) in [6.45, 7) is 5.24. The van der Waals surface area contributed by atoms with Crippen LogP contribution in [0.5, 0.6) is 5.75 Å². The van der Waals surface area contributed by atoms with Crippen molar-refractivity contribution in [1.82, 2.24) is 10.6 Å². The number of nitrogens with one attached hydrogen (secondary N) is 2. The molecule has 0 aliphatic rings. The number of guanidine groups is 1. The molecule has 2 aromatic carbocycles. The van der Waals surface area contributed by atoms with Crippen LogP contribution in [0.25, 0.3) is 0 Å². The van der Waals surface area contributed by atoms with Gasteiger partial charge in [-0.1, -0.05) is 36.4 Å². The van der Waals surface area contributed by atoms with Gasteiger partial charge in [0.15, 0.2) is 15.8 Å². The van der Waals surface area contributed by atoms with E-state index in [4.69, 9.17) is 4.74 Å². The zero-order chi connectivity index (χ0) is 20.6. The van der Waals surface area contributed by atoms with Gasteiger partial charge in [0.05, 0.1) is 12.3 Å². The van der Waals surface area contributed by atoms with E-state index < -0.39 is 9.84 Å². The van der Waals surface area contributed by atoms with Gasteiger partial charge in [-0.05, 0) is 42.7 Å². The van der Waals surface area contributed by atoms with Crippen LogP contribution in [0.2, 0.25) is 0 Å². The van der Waals surface area contributed by atoms with Crippen LogP contribution in [-0.4, -0.2) is 40.3 Å². The molecule has 0 heterocycles. The number of benzene rings is 2. The quantitative estimate of drug-likeness (QED) is 0.523. The highest BCUT2D eigenvalue weighted by Gasteiger charge is 2.07. The van der Waals surface area contributed by atoms with Crippen LogP contribution in [0.4, 0.5) is 0 Å². The van der Waals surface area contributed by atoms with Crippen LogP contribution in [0, 0.1) is 6.92 Å². The molecule has 0 amide bonds. The lowest BCUT2D eigenvalue weighted by atomic mass is 10.1. The average Bonchev–Trinajstić information content (AvgIpc) is 2.62. The minimum Gasteiger partial charge on any atom is -0.489 e. The monoisotopic (exact) mass is 403 g/mol. The smallest absolute Gasteiger partial charge is 0.191 e. The van der Waals surface area contributed by atoms with Crippen LogP contribution >= 0.6 is 0 Å². The lowest BCUT2D eigenvalue weighted by Crippen LogP contribution is -2.41. The molecule has 28 heavy (non-hydrogen) atoms. The molecule has 2 aromatic rings. The second-order valence-corrected chi connectivity index (χ2v) is 9.08. The van der Waals surface area contributed by atoms with Crippen molar-refractivity contribution < 1.29 is 13.2 Å². The number of aryl methyl sites for hydroxylation is 1. The summed E-state index contributed by atoms with van der Waals surface area (Å²) in [5.74, 6) is 1.59. The normalized spacial score (nSPS) is 13.1. The van der Waals surface area contributed by atoms with Gasteiger partial charge in [0.2, 0.25) is 0 Å². The van der Waals surface area contributed by atoms with E-state index in [-0.39, 0.29) is 11.9 Å². The molecule has 6 nitrogen and oxygen atoms in total. The van der Waals surface area contributed by atoms with E-state index in [0.717, 1.165) is 22.4 Å². The molecule has 152 valence electrons. The van der Waals surface area contributed by atoms with E-state index in [1.807, 2.05) is 62.4 Å². The first-order valence-corrected chi connectivity index (χ1v) is 11.2. The molecule has 0 saturated carbocycles. The highest BCUT2D eigenvalue weighted by molar-refractivity contribution is 7.89. The van der Waals surface area contributed by atoms with E-state index in [9.17, 15) is 8.42 Å². The molecule has 7 heteroatoms. The number of hydrogen-bond donors (Lipinski definition) is 2. The number of ether oxygens (including phenoxy) is 1. The Balaban J connectivity index is 1.79. The van der Waals surface area contributed by atoms with Crippen LogP contribution < -0.4 is 15.4 Å². The fourth-order valence-electron chi connectivity index (χ4n) is 2.67. The number of nitrogens with zero attached hydrogens (tertiary/aromatic N) is 1. The lowest BCUT2D eigenvalue weighted by Gasteiger charge is -2.18. The van der Waals surface area contributed by atoms with Gasteiger partial charge < -0.3 is 15.4 Å². The Morgan fingerprint density at radius 3 is 2.39 bits per heavy atom. The third-order valence-corrected chi connectivity index (χ3v) is 4.88. The SMILES string of the molecule is CN=C(NCc1ccc(CS(C)(=O)=O)cc1)NCC(C)Oc1cccc(C)c1. The summed E-state index contributed by atoms with van der Waals surface area (Å²) in [6.07, 6.45) is 1.22. The maximum Gasteiger partial charge on any atom is 0.191 e. The summed E-state index contributed by atoms with van der Waals surface area (Å²) in [5, 5.41) is 6.50. The first-order valence-electron chi connectivity index (χ1n) is 9.18. The number of hydrogen-bond acceptors (Lipinski definition) is 4. The summed E-state index contributed by atoms with van der Waals surface area (Å²) in [5.41, 5.74) is 3.00. The predicted molar refractivity (Wildman–Crippen MR) is 114 cm³/mol. The van der Waals surface area contributed by atoms with Gasteiger partial charge in [0.25, 0.3) is 0 Å². The van der Waals surface area contributed by atoms with Gasteiger partial charge in [-0.15, -0.1) is 0 Å². The summed E-state index contributed by atoms with van der Waals surface area (Å²) in [6, 6.07) is 15.5. The molecule has 0 saturated heterocycles. The van der Waals surface area contributed by atoms with Crippen molar-refractivity contribution in [3.8, 4) is 5.75 Å². The van der Waals surface area contributed by atoms with Gasteiger partial charge in [0.1, 0.15) is 11.9 Å². The van der Waals surface area contributed by atoms with E-state index in [1.165, 1.54) is 6.26 Å². The Morgan fingerprint density at radius 1 is 1.11 bits per heavy atom. The van der Waals surface area contributed by atoms with E-state index in [2.05, 4.69) is 15.6 Å². The molecule has 2 N–H and O–H groups in total. The van der Waals surface area contributed by atoms with Gasteiger partial charge in [-0.25, -0.2) is 8.42 Å². The maximum absolute atomic E-state index is 11.4.